The maximum atomic E-state index is 12.2. The molecule has 5 heteroatoms. The molecule has 4 rings (SSSR count). The summed E-state index contributed by atoms with van der Waals surface area (Å²) in [4.78, 5) is 12.2. The smallest absolute Gasteiger partial charge is 0.355 e. The quantitative estimate of drug-likeness (QED) is 0.796. The van der Waals surface area contributed by atoms with Gasteiger partial charge in [0, 0.05) is 17.5 Å². The molecule has 130 valence electrons. The Bertz CT molecular complexity index is 858. The van der Waals surface area contributed by atoms with Crippen molar-refractivity contribution in [3.63, 3.8) is 0 Å². The third-order valence-corrected chi connectivity index (χ3v) is 5.41. The number of benzene rings is 1. The number of nitriles is 1. The summed E-state index contributed by atoms with van der Waals surface area (Å²) < 4.78 is 12.8. The number of carbonyl (C=O) groups is 1. The summed E-state index contributed by atoms with van der Waals surface area (Å²) in [5.41, 5.74) is 2.79. The predicted molar refractivity (Wildman–Crippen MR) is 93.4 cm³/mol. The van der Waals surface area contributed by atoms with E-state index in [-0.39, 0.29) is 18.1 Å². The number of aromatic nitrogens is 1. The Morgan fingerprint density at radius 1 is 1.44 bits per heavy atom. The van der Waals surface area contributed by atoms with Crippen LogP contribution in [0.25, 0.3) is 10.9 Å². The Kier molecular flexibility index (Phi) is 4.01. The van der Waals surface area contributed by atoms with Gasteiger partial charge in [0.15, 0.2) is 0 Å². The molecule has 1 aliphatic heterocycles. The average Bonchev–Trinajstić information content (AvgIpc) is 3.25. The normalized spacial score (nSPS) is 21.2. The molecule has 1 aliphatic carbocycles. The van der Waals surface area contributed by atoms with Gasteiger partial charge in [-0.1, -0.05) is 6.07 Å². The Labute approximate surface area is 147 Å². The first-order valence-electron chi connectivity index (χ1n) is 8.97. The molecule has 1 spiro atoms. The largest absolute Gasteiger partial charge is 0.461 e. The summed E-state index contributed by atoms with van der Waals surface area (Å²) >= 11 is 0. The van der Waals surface area contributed by atoms with E-state index in [1.807, 2.05) is 12.1 Å². The van der Waals surface area contributed by atoms with E-state index in [4.69, 9.17) is 14.7 Å². The van der Waals surface area contributed by atoms with Crippen molar-refractivity contribution < 1.29 is 14.3 Å². The fourth-order valence-electron chi connectivity index (χ4n) is 3.96. The highest BCUT2D eigenvalue weighted by molar-refractivity contribution is 5.96. The van der Waals surface area contributed by atoms with Crippen LogP contribution in [0.15, 0.2) is 24.3 Å². The van der Waals surface area contributed by atoms with Crippen molar-refractivity contribution in [1.82, 2.24) is 4.57 Å². The molecule has 0 radical (unpaired) electrons. The fourth-order valence-corrected chi connectivity index (χ4v) is 3.96. The fraction of sp³-hybridized carbons (Fsp3) is 0.500. The molecule has 0 bridgehead atoms. The third kappa shape index (κ3) is 2.91. The van der Waals surface area contributed by atoms with Crippen LogP contribution < -0.4 is 0 Å². The van der Waals surface area contributed by atoms with Gasteiger partial charge in [-0.3, -0.25) is 0 Å². The molecule has 2 aromatic rings. The molecule has 1 saturated heterocycles. The van der Waals surface area contributed by atoms with Crippen molar-refractivity contribution in [2.45, 2.75) is 50.7 Å². The van der Waals surface area contributed by atoms with Crippen LogP contribution in [0.2, 0.25) is 0 Å². The number of rotatable bonds is 4. The third-order valence-electron chi connectivity index (χ3n) is 5.41. The summed E-state index contributed by atoms with van der Waals surface area (Å²) in [7, 11) is 0. The molecule has 0 unspecified atom stereocenters. The molecule has 25 heavy (non-hydrogen) atoms. The summed E-state index contributed by atoms with van der Waals surface area (Å²) in [6, 6.07) is 10.3. The van der Waals surface area contributed by atoms with Gasteiger partial charge >= 0.3 is 5.97 Å². The van der Waals surface area contributed by atoms with Crippen molar-refractivity contribution in [1.29, 1.82) is 5.26 Å². The van der Waals surface area contributed by atoms with E-state index < -0.39 is 0 Å². The van der Waals surface area contributed by atoms with E-state index in [0.717, 1.165) is 30.4 Å². The molecule has 0 amide bonds. The number of nitrogens with zero attached hydrogens (tertiary/aromatic N) is 2. The minimum Gasteiger partial charge on any atom is -0.461 e. The molecule has 1 atom stereocenters. The lowest BCUT2D eigenvalue weighted by atomic mass is 9.87. The Morgan fingerprint density at radius 2 is 2.28 bits per heavy atom. The van der Waals surface area contributed by atoms with Crippen molar-refractivity contribution in [3.05, 3.63) is 35.5 Å². The van der Waals surface area contributed by atoms with Gasteiger partial charge in [0.25, 0.3) is 0 Å². The first-order chi connectivity index (χ1) is 12.2. The zero-order valence-electron chi connectivity index (χ0n) is 14.5. The molecule has 0 N–H and O–H groups in total. The van der Waals surface area contributed by atoms with Gasteiger partial charge in [0.05, 0.1) is 18.3 Å². The first-order valence-corrected chi connectivity index (χ1v) is 8.97. The van der Waals surface area contributed by atoms with Gasteiger partial charge in [-0.2, -0.15) is 5.26 Å². The average molecular weight is 338 g/mol. The number of hydrogen-bond acceptors (Lipinski definition) is 4. The zero-order valence-corrected chi connectivity index (χ0v) is 14.5. The Morgan fingerprint density at radius 3 is 3.00 bits per heavy atom. The highest BCUT2D eigenvalue weighted by Gasteiger charge is 2.47. The van der Waals surface area contributed by atoms with E-state index in [2.05, 4.69) is 18.2 Å². The zero-order chi connectivity index (χ0) is 17.4. The summed E-state index contributed by atoms with van der Waals surface area (Å²) in [5, 5.41) is 10.1. The van der Waals surface area contributed by atoms with Crippen LogP contribution in [-0.2, 0) is 16.0 Å². The Balaban J connectivity index is 1.70. The van der Waals surface area contributed by atoms with Crippen LogP contribution in [0.4, 0.5) is 0 Å². The van der Waals surface area contributed by atoms with Gasteiger partial charge in [-0.15, -0.1) is 0 Å². The summed E-state index contributed by atoms with van der Waals surface area (Å²) in [6.45, 7) is 3.07. The topological polar surface area (TPSA) is 64.2 Å². The molecular weight excluding hydrogens is 316 g/mol. The van der Waals surface area contributed by atoms with Crippen LogP contribution in [0.5, 0.6) is 0 Å². The van der Waals surface area contributed by atoms with Crippen LogP contribution in [0, 0.1) is 11.3 Å². The number of hydrogen-bond donors (Lipinski definition) is 0. The predicted octanol–water partition coefficient (Wildman–Crippen LogP) is 3.77. The maximum absolute atomic E-state index is 12.2. The van der Waals surface area contributed by atoms with Gasteiger partial charge in [-0.25, -0.2) is 4.79 Å². The lowest BCUT2D eigenvalue weighted by Gasteiger charge is -2.30. The van der Waals surface area contributed by atoms with Crippen LogP contribution in [0.3, 0.4) is 0 Å². The van der Waals surface area contributed by atoms with Crippen LogP contribution >= 0.6 is 0 Å². The lowest BCUT2D eigenvalue weighted by molar-refractivity contribution is -0.0132. The van der Waals surface area contributed by atoms with Crippen molar-refractivity contribution in [2.24, 2.45) is 0 Å². The second kappa shape index (κ2) is 6.20. The second-order valence-corrected chi connectivity index (χ2v) is 7.03. The number of carbonyl (C=O) groups excluding carboxylic acids is 1. The van der Waals surface area contributed by atoms with Crippen molar-refractivity contribution in [3.8, 4) is 6.07 Å². The van der Waals surface area contributed by atoms with Crippen LogP contribution in [-0.4, -0.2) is 29.4 Å². The van der Waals surface area contributed by atoms with E-state index in [1.54, 1.807) is 11.5 Å². The summed E-state index contributed by atoms with van der Waals surface area (Å²) in [6.07, 6.45) is 4.48. The molecule has 1 aromatic heterocycles. The maximum Gasteiger partial charge on any atom is 0.355 e. The molecular formula is C20H22N2O3. The lowest BCUT2D eigenvalue weighted by Crippen LogP contribution is -2.25. The number of esters is 1. The van der Waals surface area contributed by atoms with Gasteiger partial charge in [0.2, 0.25) is 0 Å². The van der Waals surface area contributed by atoms with E-state index >= 15 is 0 Å². The highest BCUT2D eigenvalue weighted by Crippen LogP contribution is 2.50. The van der Waals surface area contributed by atoms with Crippen LogP contribution in [0.1, 0.15) is 54.6 Å². The SMILES string of the molecule is CCOC(=O)c1cc2cc([C@H]3CCOC4(CC4)C3)ccc2n1CC#N. The standard InChI is InChI=1S/C20H22N2O3/c1-2-24-19(23)18-12-16-11-14(3-4-17(16)22(18)9-8-21)15-5-10-25-20(13-15)6-7-20/h3-4,11-12,15H,2,5-7,9-10,13H2,1H3/t15-/m0/s1. The first kappa shape index (κ1) is 16.2. The molecule has 1 aromatic carbocycles. The van der Waals surface area contributed by atoms with Gasteiger partial charge in [0.1, 0.15) is 12.2 Å². The number of fused-ring (bicyclic) bond motifs is 1. The van der Waals surface area contributed by atoms with Crippen molar-refractivity contribution >= 4 is 16.9 Å². The molecule has 1 saturated carbocycles. The van der Waals surface area contributed by atoms with E-state index in [9.17, 15) is 4.79 Å². The van der Waals surface area contributed by atoms with Gasteiger partial charge in [-0.05, 0) is 62.3 Å². The van der Waals surface area contributed by atoms with Crippen molar-refractivity contribution in [2.75, 3.05) is 13.2 Å². The van der Waals surface area contributed by atoms with E-state index in [0.29, 0.717) is 18.2 Å². The molecule has 5 nitrogen and oxygen atoms in total. The second-order valence-electron chi connectivity index (χ2n) is 7.03. The highest BCUT2D eigenvalue weighted by atomic mass is 16.5. The molecule has 2 fully saturated rings. The van der Waals surface area contributed by atoms with Gasteiger partial charge < -0.3 is 14.0 Å². The number of ether oxygens (including phenoxy) is 2. The molecule has 2 heterocycles. The monoisotopic (exact) mass is 338 g/mol. The summed E-state index contributed by atoms with van der Waals surface area (Å²) in [5.74, 6) is 0.129. The minimum absolute atomic E-state index is 0.136. The molecule has 2 aliphatic rings. The Hall–Kier alpha value is -2.32. The van der Waals surface area contributed by atoms with E-state index in [1.165, 1.54) is 18.4 Å². The minimum atomic E-state index is -0.376.